The van der Waals surface area contributed by atoms with Gasteiger partial charge in [0.05, 0.1) is 28.7 Å². The fraction of sp³-hybridized carbons (Fsp3) is 0.263. The van der Waals surface area contributed by atoms with E-state index in [4.69, 9.17) is 32.7 Å². The maximum Gasteiger partial charge on any atom is 0.340 e. The van der Waals surface area contributed by atoms with Gasteiger partial charge in [-0.3, -0.25) is 9.52 Å². The highest BCUT2D eigenvalue weighted by Gasteiger charge is 2.22. The highest BCUT2D eigenvalue weighted by Crippen LogP contribution is 2.24. The normalized spacial score (nSPS) is 14.3. The van der Waals surface area contributed by atoms with Gasteiger partial charge in [-0.1, -0.05) is 23.2 Å². The molecule has 11 heteroatoms. The van der Waals surface area contributed by atoms with Crippen molar-refractivity contribution in [1.82, 2.24) is 4.90 Å². The van der Waals surface area contributed by atoms with E-state index in [9.17, 15) is 18.0 Å². The zero-order valence-corrected chi connectivity index (χ0v) is 18.0. The first-order chi connectivity index (χ1) is 14.3. The monoisotopic (exact) mass is 472 g/mol. The van der Waals surface area contributed by atoms with Gasteiger partial charge in [0.15, 0.2) is 6.61 Å². The molecule has 8 nitrogen and oxygen atoms in total. The molecule has 2 aromatic rings. The average Bonchev–Trinajstić information content (AvgIpc) is 2.74. The first-order valence-electron chi connectivity index (χ1n) is 8.87. The maximum atomic E-state index is 12.6. The Morgan fingerprint density at radius 1 is 1.07 bits per heavy atom. The summed E-state index contributed by atoms with van der Waals surface area (Å²) >= 11 is 11.8. The van der Waals surface area contributed by atoms with E-state index in [1.54, 1.807) is 0 Å². The van der Waals surface area contributed by atoms with Gasteiger partial charge in [-0.2, -0.15) is 0 Å². The molecular weight excluding hydrogens is 455 g/mol. The third-order valence-corrected chi connectivity index (χ3v) is 6.22. The number of rotatable bonds is 6. The van der Waals surface area contributed by atoms with Crippen molar-refractivity contribution in [3.8, 4) is 0 Å². The third kappa shape index (κ3) is 5.63. The number of sulfonamides is 1. The van der Waals surface area contributed by atoms with Crippen LogP contribution in [0, 0.1) is 0 Å². The summed E-state index contributed by atoms with van der Waals surface area (Å²) in [6.07, 6.45) is 0. The van der Waals surface area contributed by atoms with Crippen LogP contribution in [-0.4, -0.2) is 58.1 Å². The Balaban J connectivity index is 1.71. The summed E-state index contributed by atoms with van der Waals surface area (Å²) in [4.78, 5) is 25.8. The molecule has 1 saturated heterocycles. The quantitative estimate of drug-likeness (QED) is 0.648. The van der Waals surface area contributed by atoms with Crippen molar-refractivity contribution in [2.45, 2.75) is 4.90 Å². The van der Waals surface area contributed by atoms with Crippen LogP contribution in [0.1, 0.15) is 10.4 Å². The Labute approximate surface area is 183 Å². The van der Waals surface area contributed by atoms with Crippen molar-refractivity contribution in [3.63, 3.8) is 0 Å². The number of halogens is 2. The summed E-state index contributed by atoms with van der Waals surface area (Å²) in [6, 6.07) is 9.71. The minimum absolute atomic E-state index is 0.00395. The molecule has 0 spiro atoms. The SMILES string of the molecule is O=C(OCC(=O)N1CCOCC1)c1cc(S(=O)(=O)Nc2ccc(Cl)cc2)ccc1Cl. The highest BCUT2D eigenvalue weighted by atomic mass is 35.5. The fourth-order valence-corrected chi connectivity index (χ4v) is 4.07. The van der Waals surface area contributed by atoms with Crippen molar-refractivity contribution in [2.24, 2.45) is 0 Å². The molecule has 1 amide bonds. The van der Waals surface area contributed by atoms with Crippen LogP contribution in [0.4, 0.5) is 5.69 Å². The summed E-state index contributed by atoms with van der Waals surface area (Å²) in [5.41, 5.74) is 0.139. The van der Waals surface area contributed by atoms with E-state index in [0.29, 0.717) is 37.0 Å². The Bertz CT molecular complexity index is 1040. The number of anilines is 1. The second kappa shape index (κ2) is 9.65. The fourth-order valence-electron chi connectivity index (χ4n) is 2.67. The molecule has 1 N–H and O–H groups in total. The lowest BCUT2D eigenvalue weighted by atomic mass is 10.2. The molecule has 0 unspecified atom stereocenters. The van der Waals surface area contributed by atoms with Crippen LogP contribution in [0.25, 0.3) is 0 Å². The van der Waals surface area contributed by atoms with Crippen LogP contribution in [0.2, 0.25) is 10.0 Å². The van der Waals surface area contributed by atoms with Crippen molar-refractivity contribution < 1.29 is 27.5 Å². The van der Waals surface area contributed by atoms with E-state index in [2.05, 4.69) is 4.72 Å². The molecule has 0 atom stereocenters. The van der Waals surface area contributed by atoms with Gasteiger partial charge in [-0.25, -0.2) is 13.2 Å². The third-order valence-electron chi connectivity index (χ3n) is 4.26. The number of amides is 1. The Morgan fingerprint density at radius 2 is 1.73 bits per heavy atom. The van der Waals surface area contributed by atoms with Crippen molar-refractivity contribution in [3.05, 3.63) is 58.1 Å². The van der Waals surface area contributed by atoms with Gasteiger partial charge in [0.1, 0.15) is 0 Å². The van der Waals surface area contributed by atoms with Crippen LogP contribution in [0.5, 0.6) is 0 Å². The number of ether oxygens (including phenoxy) is 2. The minimum Gasteiger partial charge on any atom is -0.452 e. The largest absolute Gasteiger partial charge is 0.452 e. The number of hydrogen-bond donors (Lipinski definition) is 1. The molecule has 1 aliphatic heterocycles. The molecule has 0 bridgehead atoms. The molecule has 2 aromatic carbocycles. The molecule has 1 heterocycles. The lowest BCUT2D eigenvalue weighted by Crippen LogP contribution is -2.42. The van der Waals surface area contributed by atoms with Crippen molar-refractivity contribution >= 4 is 50.8 Å². The Hall–Kier alpha value is -2.33. The van der Waals surface area contributed by atoms with E-state index >= 15 is 0 Å². The maximum absolute atomic E-state index is 12.6. The molecule has 3 rings (SSSR count). The van der Waals surface area contributed by atoms with Gasteiger partial charge in [0.25, 0.3) is 15.9 Å². The van der Waals surface area contributed by atoms with Crippen molar-refractivity contribution in [1.29, 1.82) is 0 Å². The topological polar surface area (TPSA) is 102 Å². The minimum atomic E-state index is -4.00. The number of hydrogen-bond acceptors (Lipinski definition) is 6. The molecule has 1 fully saturated rings. The molecule has 0 saturated carbocycles. The van der Waals surface area contributed by atoms with Gasteiger partial charge in [-0.05, 0) is 42.5 Å². The van der Waals surface area contributed by atoms with Gasteiger partial charge in [0.2, 0.25) is 0 Å². The van der Waals surface area contributed by atoms with Gasteiger partial charge < -0.3 is 14.4 Å². The van der Waals surface area contributed by atoms with E-state index < -0.39 is 22.6 Å². The summed E-state index contributed by atoms with van der Waals surface area (Å²) in [7, 11) is -4.00. The number of nitrogens with one attached hydrogen (secondary N) is 1. The van der Waals surface area contributed by atoms with Crippen LogP contribution in [0.3, 0.4) is 0 Å². The molecular formula is C19H18Cl2N2O6S. The Kier molecular flexibility index (Phi) is 7.19. The molecule has 30 heavy (non-hydrogen) atoms. The number of morpholine rings is 1. The van der Waals surface area contributed by atoms with Crippen LogP contribution < -0.4 is 4.72 Å². The molecule has 0 radical (unpaired) electrons. The second-order valence-corrected chi connectivity index (χ2v) is 8.85. The lowest BCUT2D eigenvalue weighted by molar-refractivity contribution is -0.138. The second-order valence-electron chi connectivity index (χ2n) is 6.32. The average molecular weight is 473 g/mol. The van der Waals surface area contributed by atoms with Crippen molar-refractivity contribution in [2.75, 3.05) is 37.6 Å². The first kappa shape index (κ1) is 22.4. The molecule has 0 aliphatic carbocycles. The van der Waals surface area contributed by atoms with Crippen LogP contribution in [0.15, 0.2) is 47.4 Å². The molecule has 0 aromatic heterocycles. The number of esters is 1. The van der Waals surface area contributed by atoms with Gasteiger partial charge in [-0.15, -0.1) is 0 Å². The first-order valence-corrected chi connectivity index (χ1v) is 11.1. The number of benzene rings is 2. The van der Waals surface area contributed by atoms with Crippen LogP contribution >= 0.6 is 23.2 Å². The van der Waals surface area contributed by atoms with E-state index in [1.807, 2.05) is 0 Å². The van der Waals surface area contributed by atoms with Crippen LogP contribution in [-0.2, 0) is 24.3 Å². The zero-order valence-electron chi connectivity index (χ0n) is 15.6. The molecule has 1 aliphatic rings. The summed E-state index contributed by atoms with van der Waals surface area (Å²) in [6.45, 7) is 1.20. The summed E-state index contributed by atoms with van der Waals surface area (Å²) in [5, 5.41) is 0.463. The standard InChI is InChI=1S/C19H18Cl2N2O6S/c20-13-1-3-14(4-2-13)22-30(26,27)15-5-6-17(21)16(11-15)19(25)29-12-18(24)23-7-9-28-10-8-23/h1-6,11,22H,7-10,12H2. The molecule has 160 valence electrons. The van der Waals surface area contributed by atoms with Gasteiger partial charge >= 0.3 is 5.97 Å². The predicted octanol–water partition coefficient (Wildman–Crippen LogP) is 2.81. The summed E-state index contributed by atoms with van der Waals surface area (Å²) in [5.74, 6) is -1.26. The zero-order chi connectivity index (χ0) is 21.7. The van der Waals surface area contributed by atoms with E-state index in [-0.39, 0.29) is 21.4 Å². The van der Waals surface area contributed by atoms with Gasteiger partial charge in [0, 0.05) is 23.8 Å². The van der Waals surface area contributed by atoms with E-state index in [0.717, 1.165) is 6.07 Å². The summed E-state index contributed by atoms with van der Waals surface area (Å²) < 4.78 is 37.9. The predicted molar refractivity (Wildman–Crippen MR) is 111 cm³/mol. The smallest absolute Gasteiger partial charge is 0.340 e. The number of nitrogens with zero attached hydrogens (tertiary/aromatic N) is 1. The highest BCUT2D eigenvalue weighted by molar-refractivity contribution is 7.92. The van der Waals surface area contributed by atoms with E-state index in [1.165, 1.54) is 41.3 Å². The lowest BCUT2D eigenvalue weighted by Gasteiger charge is -2.26. The number of carbonyl (C=O) groups excluding carboxylic acids is 2. The number of carbonyl (C=O) groups is 2. The Morgan fingerprint density at radius 3 is 2.40 bits per heavy atom.